The van der Waals surface area contributed by atoms with Crippen molar-refractivity contribution in [2.75, 3.05) is 78.0 Å². The fraction of sp³-hybridized carbons (Fsp3) is 0.750. The van der Waals surface area contributed by atoms with E-state index in [1.807, 2.05) is 0 Å². The maximum absolute atomic E-state index is 6.06. The molecule has 29 heavy (non-hydrogen) atoms. The minimum Gasteiger partial charge on any atom is -0.374 e. The molecule has 2 aliphatic heterocycles. The van der Waals surface area contributed by atoms with Gasteiger partial charge in [-0.15, -0.1) is 0 Å². The smallest absolute Gasteiger partial charge is 0.0829 e. The van der Waals surface area contributed by atoms with E-state index in [1.54, 1.807) is 0 Å². The van der Waals surface area contributed by atoms with E-state index in [0.717, 1.165) is 64.9 Å². The first-order chi connectivity index (χ1) is 14.0. The average Bonchev–Trinajstić information content (AvgIpc) is 2.69. The van der Waals surface area contributed by atoms with E-state index in [-0.39, 0.29) is 0 Å². The van der Waals surface area contributed by atoms with Crippen molar-refractivity contribution in [3.63, 3.8) is 0 Å². The fourth-order valence-corrected chi connectivity index (χ4v) is 4.42. The van der Waals surface area contributed by atoms with Gasteiger partial charge in [-0.2, -0.15) is 0 Å². The molecule has 1 atom stereocenters. The van der Waals surface area contributed by atoms with Crippen molar-refractivity contribution in [3.8, 4) is 0 Å². The standard InChI is InChI=1S/C24H42N4O/c1-21(2)6-5-11-27-16-17-29-24(20-27)19-26(4)18-22-7-9-23(10-8-22)28-14-12-25(3)13-15-28/h7-10,21,24H,5-6,11-20H2,1-4H3/t24-/m1/s1. The van der Waals surface area contributed by atoms with Crippen molar-refractivity contribution in [1.29, 1.82) is 0 Å². The van der Waals surface area contributed by atoms with Crippen LogP contribution >= 0.6 is 0 Å². The van der Waals surface area contributed by atoms with Gasteiger partial charge < -0.3 is 14.5 Å². The predicted octanol–water partition coefficient (Wildman–Crippen LogP) is 3.01. The summed E-state index contributed by atoms with van der Waals surface area (Å²) in [6, 6.07) is 9.18. The van der Waals surface area contributed by atoms with Crippen LogP contribution in [0.3, 0.4) is 0 Å². The summed E-state index contributed by atoms with van der Waals surface area (Å²) in [6.45, 7) is 15.4. The molecule has 0 aromatic heterocycles. The number of ether oxygens (including phenoxy) is 1. The summed E-state index contributed by atoms with van der Waals surface area (Å²) >= 11 is 0. The summed E-state index contributed by atoms with van der Waals surface area (Å²) in [5.74, 6) is 0.806. The molecule has 3 rings (SSSR count). The van der Waals surface area contributed by atoms with Crippen molar-refractivity contribution < 1.29 is 4.74 Å². The van der Waals surface area contributed by atoms with Crippen LogP contribution in [0.2, 0.25) is 0 Å². The Balaban J connectivity index is 1.41. The zero-order chi connectivity index (χ0) is 20.6. The van der Waals surface area contributed by atoms with Gasteiger partial charge >= 0.3 is 0 Å². The lowest BCUT2D eigenvalue weighted by Crippen LogP contribution is -2.47. The van der Waals surface area contributed by atoms with Gasteiger partial charge in [-0.05, 0) is 57.1 Å². The number of anilines is 1. The van der Waals surface area contributed by atoms with Gasteiger partial charge in [-0.1, -0.05) is 26.0 Å². The Morgan fingerprint density at radius 3 is 2.48 bits per heavy atom. The number of likely N-dealkylation sites (N-methyl/N-ethyl adjacent to an activating group) is 2. The van der Waals surface area contributed by atoms with Gasteiger partial charge in [0.1, 0.15) is 0 Å². The third kappa shape index (κ3) is 7.56. The second-order valence-corrected chi connectivity index (χ2v) is 9.48. The predicted molar refractivity (Wildman–Crippen MR) is 123 cm³/mol. The molecular weight excluding hydrogens is 360 g/mol. The van der Waals surface area contributed by atoms with Crippen LogP contribution in [0.25, 0.3) is 0 Å². The van der Waals surface area contributed by atoms with Crippen LogP contribution in [0.4, 0.5) is 5.69 Å². The molecule has 5 nitrogen and oxygen atoms in total. The zero-order valence-electron chi connectivity index (χ0n) is 19.1. The number of piperazine rings is 1. The van der Waals surface area contributed by atoms with Gasteiger partial charge in [0, 0.05) is 58.0 Å². The van der Waals surface area contributed by atoms with Crippen LogP contribution in [0, 0.1) is 5.92 Å². The highest BCUT2D eigenvalue weighted by Gasteiger charge is 2.21. The van der Waals surface area contributed by atoms with Gasteiger partial charge in [0.2, 0.25) is 0 Å². The lowest BCUT2D eigenvalue weighted by atomic mass is 10.1. The van der Waals surface area contributed by atoms with Gasteiger partial charge in [0.05, 0.1) is 12.7 Å². The average molecular weight is 403 g/mol. The lowest BCUT2D eigenvalue weighted by Gasteiger charge is -2.35. The first kappa shape index (κ1) is 22.5. The number of morpholine rings is 1. The highest BCUT2D eigenvalue weighted by atomic mass is 16.5. The van der Waals surface area contributed by atoms with E-state index in [0.29, 0.717) is 6.10 Å². The topological polar surface area (TPSA) is 22.2 Å². The van der Waals surface area contributed by atoms with Crippen LogP contribution in [0.5, 0.6) is 0 Å². The molecule has 0 unspecified atom stereocenters. The number of benzene rings is 1. The largest absolute Gasteiger partial charge is 0.374 e. The van der Waals surface area contributed by atoms with Crippen LogP contribution in [-0.4, -0.2) is 93.9 Å². The number of rotatable bonds is 9. The van der Waals surface area contributed by atoms with E-state index in [9.17, 15) is 0 Å². The molecule has 2 fully saturated rings. The molecule has 2 heterocycles. The molecule has 0 N–H and O–H groups in total. The summed E-state index contributed by atoms with van der Waals surface area (Å²) in [5, 5.41) is 0. The van der Waals surface area contributed by atoms with Gasteiger partial charge in [0.25, 0.3) is 0 Å². The molecule has 0 aliphatic carbocycles. The minimum atomic E-state index is 0.331. The molecule has 5 heteroatoms. The second-order valence-electron chi connectivity index (χ2n) is 9.48. The molecule has 0 radical (unpaired) electrons. The van der Waals surface area contributed by atoms with Crippen LogP contribution in [0.1, 0.15) is 32.3 Å². The molecule has 1 aromatic rings. The highest BCUT2D eigenvalue weighted by Crippen LogP contribution is 2.18. The summed E-state index contributed by atoms with van der Waals surface area (Å²) in [7, 11) is 4.42. The second kappa shape index (κ2) is 11.3. The third-order valence-electron chi connectivity index (χ3n) is 6.25. The molecule has 1 aromatic carbocycles. The Kier molecular flexibility index (Phi) is 8.79. The van der Waals surface area contributed by atoms with Crippen LogP contribution < -0.4 is 4.90 Å². The van der Waals surface area contributed by atoms with Crippen molar-refractivity contribution in [3.05, 3.63) is 29.8 Å². The van der Waals surface area contributed by atoms with Gasteiger partial charge in [-0.25, -0.2) is 0 Å². The van der Waals surface area contributed by atoms with E-state index in [1.165, 1.54) is 30.6 Å². The Morgan fingerprint density at radius 1 is 1.07 bits per heavy atom. The Hall–Kier alpha value is -1.14. The molecule has 0 spiro atoms. The van der Waals surface area contributed by atoms with Crippen molar-refractivity contribution in [2.24, 2.45) is 5.92 Å². The maximum Gasteiger partial charge on any atom is 0.0829 e. The van der Waals surface area contributed by atoms with E-state index < -0.39 is 0 Å². The first-order valence-electron chi connectivity index (χ1n) is 11.5. The van der Waals surface area contributed by atoms with Gasteiger partial charge in [0.15, 0.2) is 0 Å². The Labute approximate surface area is 178 Å². The quantitative estimate of drug-likeness (QED) is 0.632. The Morgan fingerprint density at radius 2 is 1.79 bits per heavy atom. The lowest BCUT2D eigenvalue weighted by molar-refractivity contribution is -0.0417. The highest BCUT2D eigenvalue weighted by molar-refractivity contribution is 5.48. The number of hydrogen-bond donors (Lipinski definition) is 0. The fourth-order valence-electron chi connectivity index (χ4n) is 4.42. The van der Waals surface area contributed by atoms with E-state index in [2.05, 4.69) is 71.8 Å². The molecule has 0 bridgehead atoms. The summed E-state index contributed by atoms with van der Waals surface area (Å²) < 4.78 is 6.06. The Bertz CT molecular complexity index is 583. The zero-order valence-corrected chi connectivity index (χ0v) is 19.1. The molecule has 2 aliphatic rings. The summed E-state index contributed by atoms with van der Waals surface area (Å²) in [6.07, 6.45) is 2.96. The van der Waals surface area contributed by atoms with E-state index >= 15 is 0 Å². The summed E-state index contributed by atoms with van der Waals surface area (Å²) in [5.41, 5.74) is 2.74. The third-order valence-corrected chi connectivity index (χ3v) is 6.25. The number of nitrogens with zero attached hydrogens (tertiary/aromatic N) is 4. The minimum absolute atomic E-state index is 0.331. The molecule has 2 saturated heterocycles. The monoisotopic (exact) mass is 402 g/mol. The number of hydrogen-bond acceptors (Lipinski definition) is 5. The van der Waals surface area contributed by atoms with Crippen molar-refractivity contribution >= 4 is 5.69 Å². The molecular formula is C24H42N4O. The van der Waals surface area contributed by atoms with Gasteiger partial charge in [-0.3, -0.25) is 9.80 Å². The molecule has 164 valence electrons. The molecule has 0 amide bonds. The van der Waals surface area contributed by atoms with Crippen LogP contribution in [-0.2, 0) is 11.3 Å². The summed E-state index contributed by atoms with van der Waals surface area (Å²) in [4.78, 5) is 9.90. The SMILES string of the molecule is CC(C)CCCN1CCO[C@H](CN(C)Cc2ccc(N3CCN(C)CC3)cc2)C1. The van der Waals surface area contributed by atoms with Crippen LogP contribution in [0.15, 0.2) is 24.3 Å². The van der Waals surface area contributed by atoms with Crippen molar-refractivity contribution in [1.82, 2.24) is 14.7 Å². The van der Waals surface area contributed by atoms with E-state index in [4.69, 9.17) is 4.74 Å². The normalized spacial score (nSPS) is 22.0. The van der Waals surface area contributed by atoms with Crippen molar-refractivity contribution in [2.45, 2.75) is 39.3 Å². The molecule has 0 saturated carbocycles. The maximum atomic E-state index is 6.06. The first-order valence-corrected chi connectivity index (χ1v) is 11.5.